The molecule has 0 bridgehead atoms. The van der Waals surface area contributed by atoms with Gasteiger partial charge in [0.05, 0.1) is 22.9 Å². The van der Waals surface area contributed by atoms with E-state index in [-0.39, 0.29) is 30.8 Å². The first kappa shape index (κ1) is 22.0. The molecule has 2 unspecified atom stereocenters. The van der Waals surface area contributed by atoms with Crippen molar-refractivity contribution in [2.45, 2.75) is 50.7 Å². The van der Waals surface area contributed by atoms with Crippen molar-refractivity contribution in [2.24, 2.45) is 11.8 Å². The van der Waals surface area contributed by atoms with Crippen LogP contribution >= 0.6 is 0 Å². The largest absolute Gasteiger partial charge is 0.393 e. The Kier molecular flexibility index (Phi) is 5.92. The fourth-order valence-corrected chi connectivity index (χ4v) is 5.81. The summed E-state index contributed by atoms with van der Waals surface area (Å²) in [5.41, 5.74) is 1.35. The summed E-state index contributed by atoms with van der Waals surface area (Å²) in [6.45, 7) is 3.30. The Balaban J connectivity index is 1.32. The van der Waals surface area contributed by atoms with E-state index in [0.29, 0.717) is 35.8 Å². The van der Waals surface area contributed by atoms with E-state index in [9.17, 15) is 24.3 Å². The molecule has 0 radical (unpaired) electrons. The lowest BCUT2D eigenvalue weighted by Gasteiger charge is -2.39. The fourth-order valence-electron chi connectivity index (χ4n) is 5.81. The summed E-state index contributed by atoms with van der Waals surface area (Å²) in [6, 6.07) is 4.28. The van der Waals surface area contributed by atoms with Crippen molar-refractivity contribution >= 4 is 29.3 Å². The first-order valence-electron chi connectivity index (χ1n) is 11.9. The molecule has 4 heterocycles. The molecule has 4 aliphatic heterocycles. The summed E-state index contributed by atoms with van der Waals surface area (Å²) in [4.78, 5) is 53.4. The van der Waals surface area contributed by atoms with Crippen molar-refractivity contribution in [3.63, 3.8) is 0 Å². The Morgan fingerprint density at radius 3 is 2.30 bits per heavy atom. The molecule has 2 atom stereocenters. The third-order valence-corrected chi connectivity index (χ3v) is 7.68. The van der Waals surface area contributed by atoms with Gasteiger partial charge < -0.3 is 15.3 Å². The number of fused-ring (bicyclic) bond motifs is 1. The molecule has 4 amide bonds. The van der Waals surface area contributed by atoms with Gasteiger partial charge in [0.1, 0.15) is 6.04 Å². The quantitative estimate of drug-likeness (QED) is 0.572. The second kappa shape index (κ2) is 8.87. The summed E-state index contributed by atoms with van der Waals surface area (Å²) in [6.07, 6.45) is 3.60. The minimum Gasteiger partial charge on any atom is -0.393 e. The number of carbonyl (C=O) groups is 4. The molecular weight excluding hydrogens is 424 g/mol. The van der Waals surface area contributed by atoms with Crippen LogP contribution in [0.1, 0.15) is 59.2 Å². The normalized spacial score (nSPS) is 25.9. The highest BCUT2D eigenvalue weighted by Gasteiger charge is 2.46. The maximum atomic E-state index is 13.3. The average Bonchev–Trinajstić information content (AvgIpc) is 3.09. The molecule has 0 aliphatic carbocycles. The van der Waals surface area contributed by atoms with Crippen LogP contribution < -0.4 is 15.5 Å². The smallest absolute Gasteiger partial charge is 0.264 e. The number of rotatable bonds is 4. The molecule has 5 rings (SSSR count). The SMILES string of the molecule is O=C1CCC(N2C(=O)c3cccc(N4CCC(C(O)C5CCNCC5)CC4)c3C2=O)C(=O)N1. The Hall–Kier alpha value is -2.78. The third-order valence-electron chi connectivity index (χ3n) is 7.68. The maximum absolute atomic E-state index is 13.3. The first-order chi connectivity index (χ1) is 16.0. The van der Waals surface area contributed by atoms with Gasteiger partial charge in [0.25, 0.3) is 11.8 Å². The zero-order valence-corrected chi connectivity index (χ0v) is 18.6. The Morgan fingerprint density at radius 1 is 0.909 bits per heavy atom. The monoisotopic (exact) mass is 454 g/mol. The van der Waals surface area contributed by atoms with Crippen LogP contribution in [-0.2, 0) is 9.59 Å². The van der Waals surface area contributed by atoms with Crippen molar-refractivity contribution < 1.29 is 24.3 Å². The van der Waals surface area contributed by atoms with Crippen molar-refractivity contribution in [3.05, 3.63) is 29.3 Å². The van der Waals surface area contributed by atoms with Crippen molar-refractivity contribution in [1.82, 2.24) is 15.5 Å². The van der Waals surface area contributed by atoms with Gasteiger partial charge in [-0.25, -0.2) is 0 Å². The van der Waals surface area contributed by atoms with Crippen LogP contribution in [0.4, 0.5) is 5.69 Å². The summed E-state index contributed by atoms with van der Waals surface area (Å²) in [5.74, 6) is -1.37. The molecule has 0 saturated carbocycles. The number of imide groups is 2. The van der Waals surface area contributed by atoms with E-state index < -0.39 is 23.8 Å². The second-order valence-corrected chi connectivity index (χ2v) is 9.55. The Morgan fingerprint density at radius 2 is 1.61 bits per heavy atom. The van der Waals surface area contributed by atoms with E-state index in [1.165, 1.54) is 0 Å². The van der Waals surface area contributed by atoms with Gasteiger partial charge in [0.15, 0.2) is 0 Å². The fraction of sp³-hybridized carbons (Fsp3) is 0.583. The number of benzene rings is 1. The second-order valence-electron chi connectivity index (χ2n) is 9.55. The van der Waals surface area contributed by atoms with Crippen LogP contribution in [0, 0.1) is 11.8 Å². The first-order valence-corrected chi connectivity index (χ1v) is 11.9. The van der Waals surface area contributed by atoms with Gasteiger partial charge in [-0.3, -0.25) is 29.4 Å². The number of amides is 4. The number of carbonyl (C=O) groups excluding carboxylic acids is 4. The molecule has 3 N–H and O–H groups in total. The number of nitrogens with one attached hydrogen (secondary N) is 2. The highest BCUT2D eigenvalue weighted by atomic mass is 16.3. The Labute approximate surface area is 192 Å². The number of hydrogen-bond donors (Lipinski definition) is 3. The number of aliphatic hydroxyl groups is 1. The maximum Gasteiger partial charge on any atom is 0.264 e. The third kappa shape index (κ3) is 3.93. The van der Waals surface area contributed by atoms with Crippen LogP contribution in [0.2, 0.25) is 0 Å². The molecular formula is C24H30N4O5. The van der Waals surface area contributed by atoms with Gasteiger partial charge in [-0.05, 0) is 69.2 Å². The highest BCUT2D eigenvalue weighted by Crippen LogP contribution is 2.37. The molecule has 0 spiro atoms. The lowest BCUT2D eigenvalue weighted by atomic mass is 9.80. The zero-order valence-electron chi connectivity index (χ0n) is 18.6. The van der Waals surface area contributed by atoms with Crippen LogP contribution in [0.15, 0.2) is 18.2 Å². The van der Waals surface area contributed by atoms with Crippen LogP contribution in [-0.4, -0.2) is 72.0 Å². The predicted octanol–water partition coefficient (Wildman–Crippen LogP) is 0.665. The predicted molar refractivity (Wildman–Crippen MR) is 120 cm³/mol. The van der Waals surface area contributed by atoms with Crippen molar-refractivity contribution in [1.29, 1.82) is 0 Å². The Bertz CT molecular complexity index is 981. The number of piperidine rings is 3. The molecule has 1 aromatic carbocycles. The van der Waals surface area contributed by atoms with E-state index in [1.54, 1.807) is 12.1 Å². The van der Waals surface area contributed by atoms with Gasteiger partial charge in [-0.1, -0.05) is 6.07 Å². The van der Waals surface area contributed by atoms with E-state index >= 15 is 0 Å². The summed E-state index contributed by atoms with van der Waals surface area (Å²) in [7, 11) is 0. The lowest BCUT2D eigenvalue weighted by Crippen LogP contribution is -2.54. The molecule has 1 aromatic rings. The van der Waals surface area contributed by atoms with Crippen molar-refractivity contribution in [3.8, 4) is 0 Å². The van der Waals surface area contributed by atoms with Crippen LogP contribution in [0.3, 0.4) is 0 Å². The van der Waals surface area contributed by atoms with Crippen LogP contribution in [0.5, 0.6) is 0 Å². The molecule has 33 heavy (non-hydrogen) atoms. The molecule has 3 fully saturated rings. The van der Waals surface area contributed by atoms with Crippen molar-refractivity contribution in [2.75, 3.05) is 31.1 Å². The minimum atomic E-state index is -0.964. The standard InChI is InChI=1S/C24H30N4O5/c29-19-5-4-18(22(31)26-19)28-23(32)16-2-1-3-17(20(16)24(28)33)27-12-8-15(9-13-27)21(30)14-6-10-25-11-7-14/h1-3,14-15,18,21,25,30H,4-13H2,(H,26,29,31). The van der Waals surface area contributed by atoms with E-state index in [1.807, 2.05) is 6.07 Å². The summed E-state index contributed by atoms with van der Waals surface area (Å²) in [5, 5.41) is 16.5. The zero-order chi connectivity index (χ0) is 23.1. The number of nitrogens with zero attached hydrogens (tertiary/aromatic N) is 2. The van der Waals surface area contributed by atoms with Gasteiger partial charge in [-0.2, -0.15) is 0 Å². The van der Waals surface area contributed by atoms with Crippen LogP contribution in [0.25, 0.3) is 0 Å². The minimum absolute atomic E-state index is 0.101. The summed E-state index contributed by atoms with van der Waals surface area (Å²) < 4.78 is 0. The van der Waals surface area contributed by atoms with E-state index in [0.717, 1.165) is 43.7 Å². The van der Waals surface area contributed by atoms with Gasteiger partial charge in [0.2, 0.25) is 11.8 Å². The lowest BCUT2D eigenvalue weighted by molar-refractivity contribution is -0.136. The molecule has 9 nitrogen and oxygen atoms in total. The molecule has 0 aromatic heterocycles. The molecule has 4 aliphatic rings. The molecule has 176 valence electrons. The highest BCUT2D eigenvalue weighted by molar-refractivity contribution is 6.25. The number of aliphatic hydroxyl groups excluding tert-OH is 1. The molecule has 9 heteroatoms. The van der Waals surface area contributed by atoms with Gasteiger partial charge in [0, 0.05) is 19.5 Å². The molecule has 3 saturated heterocycles. The number of hydrogen-bond acceptors (Lipinski definition) is 7. The van der Waals surface area contributed by atoms with E-state index in [2.05, 4.69) is 15.5 Å². The summed E-state index contributed by atoms with van der Waals surface area (Å²) >= 11 is 0. The number of anilines is 1. The van der Waals surface area contributed by atoms with Gasteiger partial charge >= 0.3 is 0 Å². The van der Waals surface area contributed by atoms with Gasteiger partial charge in [-0.15, -0.1) is 0 Å². The van der Waals surface area contributed by atoms with E-state index in [4.69, 9.17) is 0 Å². The topological polar surface area (TPSA) is 119 Å². The average molecular weight is 455 g/mol.